The summed E-state index contributed by atoms with van der Waals surface area (Å²) in [5, 5.41) is 15.6. The molecule has 0 aliphatic heterocycles. The third-order valence-corrected chi connectivity index (χ3v) is 1.92. The number of nitrogens with two attached hydrogens (primary N) is 1. The molecule has 0 aromatic carbocycles. The zero-order chi connectivity index (χ0) is 12.0. The van der Waals surface area contributed by atoms with E-state index in [0.29, 0.717) is 5.82 Å². The molecule has 1 heterocycles. The number of nitrogens with one attached hydrogen (secondary N) is 2. The van der Waals surface area contributed by atoms with Crippen LogP contribution in [0.5, 0.6) is 0 Å². The predicted molar refractivity (Wildman–Crippen MR) is 53.6 cm³/mol. The molecule has 0 unspecified atom stereocenters. The number of nitrogens with zero attached hydrogens (tertiary/aromatic N) is 3. The van der Waals surface area contributed by atoms with Crippen LogP contribution in [0.3, 0.4) is 0 Å². The Kier molecular flexibility index (Phi) is 4.37. The highest BCUT2D eigenvalue weighted by Crippen LogP contribution is 2.06. The first-order valence-corrected chi connectivity index (χ1v) is 4.85. The number of H-pyrrole nitrogens is 1. The minimum atomic E-state index is -0.404. The lowest BCUT2D eigenvalue weighted by Crippen LogP contribution is -2.26. The number of aromatic amines is 1. The van der Waals surface area contributed by atoms with Gasteiger partial charge in [0.05, 0.1) is 6.54 Å². The average Bonchev–Trinajstić information content (AvgIpc) is 2.65. The Morgan fingerprint density at radius 1 is 1.50 bits per heavy atom. The van der Waals surface area contributed by atoms with Gasteiger partial charge in [-0.05, 0) is 5.92 Å². The molecule has 0 aliphatic carbocycles. The van der Waals surface area contributed by atoms with Crippen LogP contribution in [0.25, 0.3) is 0 Å². The van der Waals surface area contributed by atoms with Crippen LogP contribution >= 0.6 is 0 Å². The molecule has 4 N–H and O–H groups in total. The van der Waals surface area contributed by atoms with Crippen LogP contribution in [-0.2, 0) is 16.1 Å². The summed E-state index contributed by atoms with van der Waals surface area (Å²) < 4.78 is 0. The molecule has 0 spiro atoms. The minimum Gasteiger partial charge on any atom is -0.370 e. The molecule has 8 heteroatoms. The Morgan fingerprint density at radius 2 is 2.25 bits per heavy atom. The predicted octanol–water partition coefficient (Wildman–Crippen LogP) is -1.28. The van der Waals surface area contributed by atoms with Crippen LogP contribution in [-0.4, -0.2) is 32.4 Å². The van der Waals surface area contributed by atoms with E-state index in [9.17, 15) is 9.59 Å². The van der Waals surface area contributed by atoms with Crippen molar-refractivity contribution in [3.05, 3.63) is 5.82 Å². The molecular weight excluding hydrogens is 212 g/mol. The third kappa shape index (κ3) is 4.49. The SMILES string of the molecule is C[C@H](CC(N)=O)CC(=O)NCc1nn[nH]n1. The van der Waals surface area contributed by atoms with E-state index < -0.39 is 5.91 Å². The highest BCUT2D eigenvalue weighted by atomic mass is 16.2. The van der Waals surface area contributed by atoms with Gasteiger partial charge in [-0.3, -0.25) is 9.59 Å². The Hall–Kier alpha value is -1.99. The molecule has 88 valence electrons. The van der Waals surface area contributed by atoms with Gasteiger partial charge in [-0.2, -0.15) is 5.21 Å². The fourth-order valence-corrected chi connectivity index (χ4v) is 1.24. The van der Waals surface area contributed by atoms with E-state index >= 15 is 0 Å². The summed E-state index contributed by atoms with van der Waals surface area (Å²) in [6, 6.07) is 0. The van der Waals surface area contributed by atoms with Crippen molar-refractivity contribution in [1.82, 2.24) is 25.9 Å². The number of amides is 2. The Morgan fingerprint density at radius 3 is 2.81 bits per heavy atom. The van der Waals surface area contributed by atoms with Crippen LogP contribution < -0.4 is 11.1 Å². The van der Waals surface area contributed by atoms with Gasteiger partial charge < -0.3 is 11.1 Å². The summed E-state index contributed by atoms with van der Waals surface area (Å²) in [5.74, 6) is -0.226. The normalized spacial score (nSPS) is 12.1. The van der Waals surface area contributed by atoms with Crippen molar-refractivity contribution in [2.45, 2.75) is 26.3 Å². The maximum atomic E-state index is 11.4. The molecule has 1 aromatic rings. The summed E-state index contributed by atoms with van der Waals surface area (Å²) in [5.41, 5.74) is 5.02. The Bertz CT molecular complexity index is 349. The molecule has 0 fully saturated rings. The van der Waals surface area contributed by atoms with E-state index in [1.165, 1.54) is 0 Å². The summed E-state index contributed by atoms with van der Waals surface area (Å²) in [6.07, 6.45) is 0.455. The average molecular weight is 226 g/mol. The lowest BCUT2D eigenvalue weighted by Gasteiger charge is -2.08. The van der Waals surface area contributed by atoms with Gasteiger partial charge in [0.2, 0.25) is 11.8 Å². The minimum absolute atomic E-state index is 0.0669. The summed E-state index contributed by atoms with van der Waals surface area (Å²) in [6.45, 7) is 2.01. The van der Waals surface area contributed by atoms with E-state index in [0.717, 1.165) is 0 Å². The van der Waals surface area contributed by atoms with Crippen LogP contribution in [0.2, 0.25) is 0 Å². The van der Waals surface area contributed by atoms with Crippen molar-refractivity contribution < 1.29 is 9.59 Å². The number of carbonyl (C=O) groups is 2. The highest BCUT2D eigenvalue weighted by molar-refractivity contribution is 5.78. The van der Waals surface area contributed by atoms with Crippen molar-refractivity contribution in [2.24, 2.45) is 11.7 Å². The van der Waals surface area contributed by atoms with Gasteiger partial charge in [0.1, 0.15) is 0 Å². The highest BCUT2D eigenvalue weighted by Gasteiger charge is 2.11. The number of carbonyl (C=O) groups excluding carboxylic acids is 2. The van der Waals surface area contributed by atoms with Crippen molar-refractivity contribution in [3.8, 4) is 0 Å². The summed E-state index contributed by atoms with van der Waals surface area (Å²) >= 11 is 0. The monoisotopic (exact) mass is 226 g/mol. The van der Waals surface area contributed by atoms with Gasteiger partial charge in [-0.15, -0.1) is 10.2 Å². The quantitative estimate of drug-likeness (QED) is 0.556. The number of tetrazole rings is 1. The Labute approximate surface area is 92.0 Å². The van der Waals surface area contributed by atoms with Crippen molar-refractivity contribution in [3.63, 3.8) is 0 Å². The lowest BCUT2D eigenvalue weighted by molar-refractivity contribution is -0.122. The van der Waals surface area contributed by atoms with Gasteiger partial charge in [0.15, 0.2) is 5.82 Å². The molecule has 1 rings (SSSR count). The van der Waals surface area contributed by atoms with Gasteiger partial charge >= 0.3 is 0 Å². The summed E-state index contributed by atoms with van der Waals surface area (Å²) in [4.78, 5) is 22.0. The second-order valence-electron chi connectivity index (χ2n) is 3.58. The van der Waals surface area contributed by atoms with Crippen molar-refractivity contribution in [2.75, 3.05) is 0 Å². The third-order valence-electron chi connectivity index (χ3n) is 1.92. The molecule has 0 aliphatic rings. The maximum absolute atomic E-state index is 11.4. The standard InChI is InChI=1S/C8H14N6O2/c1-5(2-6(9)15)3-8(16)10-4-7-11-13-14-12-7/h5H,2-4H2,1H3,(H2,9,15)(H,10,16)(H,11,12,13,14)/t5-/m1/s1. The van der Waals surface area contributed by atoms with Crippen molar-refractivity contribution >= 4 is 11.8 Å². The van der Waals surface area contributed by atoms with Crippen LogP contribution in [0.1, 0.15) is 25.6 Å². The number of primary amides is 1. The van der Waals surface area contributed by atoms with Crippen LogP contribution in [0.4, 0.5) is 0 Å². The molecule has 8 nitrogen and oxygen atoms in total. The fourth-order valence-electron chi connectivity index (χ4n) is 1.24. The first kappa shape index (κ1) is 12.1. The molecule has 0 saturated carbocycles. The zero-order valence-corrected chi connectivity index (χ0v) is 8.93. The zero-order valence-electron chi connectivity index (χ0n) is 8.93. The number of aromatic nitrogens is 4. The first-order chi connectivity index (χ1) is 7.58. The summed E-state index contributed by atoms with van der Waals surface area (Å²) in [7, 11) is 0. The molecule has 1 aromatic heterocycles. The second kappa shape index (κ2) is 5.79. The second-order valence-corrected chi connectivity index (χ2v) is 3.58. The van der Waals surface area contributed by atoms with Gasteiger partial charge in [-0.25, -0.2) is 0 Å². The molecular formula is C8H14N6O2. The largest absolute Gasteiger partial charge is 0.370 e. The van der Waals surface area contributed by atoms with E-state index in [2.05, 4.69) is 25.9 Å². The molecule has 0 saturated heterocycles. The van der Waals surface area contributed by atoms with E-state index in [1.54, 1.807) is 6.92 Å². The van der Waals surface area contributed by atoms with Gasteiger partial charge in [0, 0.05) is 12.8 Å². The maximum Gasteiger partial charge on any atom is 0.220 e. The molecule has 0 radical (unpaired) electrons. The van der Waals surface area contributed by atoms with E-state index in [1.807, 2.05) is 0 Å². The van der Waals surface area contributed by atoms with Crippen LogP contribution in [0.15, 0.2) is 0 Å². The van der Waals surface area contributed by atoms with Crippen molar-refractivity contribution in [1.29, 1.82) is 0 Å². The molecule has 16 heavy (non-hydrogen) atoms. The topological polar surface area (TPSA) is 127 Å². The number of rotatable bonds is 6. The molecule has 2 amide bonds. The van der Waals surface area contributed by atoms with E-state index in [-0.39, 0.29) is 31.2 Å². The van der Waals surface area contributed by atoms with Crippen LogP contribution in [0, 0.1) is 5.92 Å². The molecule has 1 atom stereocenters. The fraction of sp³-hybridized carbons (Fsp3) is 0.625. The number of hydrogen-bond acceptors (Lipinski definition) is 5. The Balaban J connectivity index is 2.23. The first-order valence-electron chi connectivity index (χ1n) is 4.85. The molecule has 0 bridgehead atoms. The number of hydrogen-bond donors (Lipinski definition) is 3. The lowest BCUT2D eigenvalue weighted by atomic mass is 10.0. The van der Waals surface area contributed by atoms with E-state index in [4.69, 9.17) is 5.73 Å². The smallest absolute Gasteiger partial charge is 0.220 e. The van der Waals surface area contributed by atoms with Gasteiger partial charge in [0.25, 0.3) is 0 Å². The van der Waals surface area contributed by atoms with Gasteiger partial charge in [-0.1, -0.05) is 12.1 Å².